The molecule has 0 saturated carbocycles. The van der Waals surface area contributed by atoms with Crippen LogP contribution in [0, 0.1) is 5.92 Å². The topological polar surface area (TPSA) is 64.1 Å². The van der Waals surface area contributed by atoms with E-state index in [2.05, 4.69) is 10.3 Å². The van der Waals surface area contributed by atoms with Gasteiger partial charge in [0, 0.05) is 23.6 Å². The smallest absolute Gasteiger partial charge is 0.223 e. The van der Waals surface area contributed by atoms with E-state index >= 15 is 0 Å². The van der Waals surface area contributed by atoms with Gasteiger partial charge in [-0.25, -0.2) is 4.98 Å². The number of benzene rings is 2. The highest BCUT2D eigenvalue weighted by molar-refractivity contribution is 5.78. The van der Waals surface area contributed by atoms with E-state index in [0.717, 1.165) is 48.1 Å². The summed E-state index contributed by atoms with van der Waals surface area (Å²) in [7, 11) is 1.65. The van der Waals surface area contributed by atoms with Crippen molar-refractivity contribution < 1.29 is 9.53 Å². The lowest BCUT2D eigenvalue weighted by Gasteiger charge is -2.14. The van der Waals surface area contributed by atoms with Crippen LogP contribution in [0.2, 0.25) is 0 Å². The van der Waals surface area contributed by atoms with Crippen LogP contribution in [-0.4, -0.2) is 23.0 Å². The standard InChI is InChI=1S/C24H25N3O2/c1-29-24-20-14-12-19(23(28)25-16-17-8-4-2-5-9-17)13-15-21(20)26-22(27-24)18-10-6-3-7-11-18/h2-11,19H,12-16H2,1H3,(H,25,28). The summed E-state index contributed by atoms with van der Waals surface area (Å²) in [5.74, 6) is 1.38. The zero-order valence-electron chi connectivity index (χ0n) is 16.6. The minimum atomic E-state index is -0.0298. The summed E-state index contributed by atoms with van der Waals surface area (Å²) in [5, 5.41) is 3.08. The lowest BCUT2D eigenvalue weighted by molar-refractivity contribution is -0.125. The quantitative estimate of drug-likeness (QED) is 0.673. The minimum absolute atomic E-state index is 0.0298. The molecule has 29 heavy (non-hydrogen) atoms. The fraction of sp³-hybridized carbons (Fsp3) is 0.292. The van der Waals surface area contributed by atoms with Crippen LogP contribution >= 0.6 is 0 Å². The number of aryl methyl sites for hydroxylation is 1. The maximum Gasteiger partial charge on any atom is 0.223 e. The summed E-state index contributed by atoms with van der Waals surface area (Å²) in [6.07, 6.45) is 3.05. The van der Waals surface area contributed by atoms with Crippen LogP contribution in [0.4, 0.5) is 0 Å². The van der Waals surface area contributed by atoms with Crippen LogP contribution in [0.15, 0.2) is 60.7 Å². The largest absolute Gasteiger partial charge is 0.481 e. The summed E-state index contributed by atoms with van der Waals surface area (Å²) in [6.45, 7) is 0.560. The number of carbonyl (C=O) groups is 1. The van der Waals surface area contributed by atoms with E-state index in [1.54, 1.807) is 7.11 Å². The predicted octanol–water partition coefficient (Wildman–Crippen LogP) is 3.96. The summed E-state index contributed by atoms with van der Waals surface area (Å²) < 4.78 is 5.58. The molecule has 0 radical (unpaired) electrons. The van der Waals surface area contributed by atoms with E-state index in [0.29, 0.717) is 18.2 Å². The molecule has 1 aliphatic carbocycles. The number of hydrogen-bond acceptors (Lipinski definition) is 4. The van der Waals surface area contributed by atoms with Crippen molar-refractivity contribution in [2.24, 2.45) is 5.92 Å². The second-order valence-corrected chi connectivity index (χ2v) is 7.33. The molecule has 0 fully saturated rings. The normalized spacial score (nSPS) is 15.8. The second-order valence-electron chi connectivity index (χ2n) is 7.33. The van der Waals surface area contributed by atoms with Gasteiger partial charge in [0.05, 0.1) is 12.8 Å². The van der Waals surface area contributed by atoms with Crippen LogP contribution in [-0.2, 0) is 24.2 Å². The Morgan fingerprint density at radius 1 is 1.00 bits per heavy atom. The highest BCUT2D eigenvalue weighted by Gasteiger charge is 2.26. The zero-order chi connectivity index (χ0) is 20.1. The number of rotatable bonds is 5. The molecule has 2 aromatic carbocycles. The number of methoxy groups -OCH3 is 1. The average Bonchev–Trinajstić information content (AvgIpc) is 3.01. The van der Waals surface area contributed by atoms with Crippen molar-refractivity contribution in [2.75, 3.05) is 7.11 Å². The van der Waals surface area contributed by atoms with Gasteiger partial charge in [-0.15, -0.1) is 0 Å². The van der Waals surface area contributed by atoms with E-state index in [4.69, 9.17) is 9.72 Å². The molecule has 1 atom stereocenters. The highest BCUT2D eigenvalue weighted by atomic mass is 16.5. The predicted molar refractivity (Wildman–Crippen MR) is 112 cm³/mol. The number of amides is 1. The van der Waals surface area contributed by atoms with E-state index in [1.165, 1.54) is 0 Å². The van der Waals surface area contributed by atoms with Gasteiger partial charge in [-0.05, 0) is 31.2 Å². The molecule has 5 heteroatoms. The Morgan fingerprint density at radius 3 is 2.41 bits per heavy atom. The first-order chi connectivity index (χ1) is 14.2. The maximum absolute atomic E-state index is 12.7. The molecule has 0 spiro atoms. The molecule has 0 aliphatic heterocycles. The van der Waals surface area contributed by atoms with Crippen molar-refractivity contribution in [1.29, 1.82) is 0 Å². The molecule has 1 N–H and O–H groups in total. The van der Waals surface area contributed by atoms with Gasteiger partial charge in [0.25, 0.3) is 0 Å². The Morgan fingerprint density at radius 2 is 1.69 bits per heavy atom. The van der Waals surface area contributed by atoms with E-state index < -0.39 is 0 Å². The van der Waals surface area contributed by atoms with Gasteiger partial charge in [-0.1, -0.05) is 60.7 Å². The molecule has 0 bridgehead atoms. The summed E-state index contributed by atoms with van der Waals surface area (Å²) >= 11 is 0. The molecule has 5 nitrogen and oxygen atoms in total. The number of nitrogens with one attached hydrogen (secondary N) is 1. The molecule has 0 saturated heterocycles. The van der Waals surface area contributed by atoms with Crippen molar-refractivity contribution in [1.82, 2.24) is 15.3 Å². The molecule has 1 unspecified atom stereocenters. The molecule has 148 valence electrons. The number of hydrogen-bond donors (Lipinski definition) is 1. The van der Waals surface area contributed by atoms with Gasteiger partial charge in [0.2, 0.25) is 11.8 Å². The Bertz CT molecular complexity index is 974. The van der Waals surface area contributed by atoms with Crippen LogP contribution < -0.4 is 10.1 Å². The minimum Gasteiger partial charge on any atom is -0.481 e. The molecular formula is C24H25N3O2. The van der Waals surface area contributed by atoms with Crippen LogP contribution in [0.25, 0.3) is 11.4 Å². The average molecular weight is 387 g/mol. The van der Waals surface area contributed by atoms with Crippen molar-refractivity contribution in [3.05, 3.63) is 77.5 Å². The van der Waals surface area contributed by atoms with Crippen LogP contribution in [0.5, 0.6) is 5.88 Å². The fourth-order valence-corrected chi connectivity index (χ4v) is 3.82. The van der Waals surface area contributed by atoms with Gasteiger partial charge in [0.15, 0.2) is 5.82 Å². The van der Waals surface area contributed by atoms with Crippen molar-refractivity contribution in [3.63, 3.8) is 0 Å². The summed E-state index contributed by atoms with van der Waals surface area (Å²) in [4.78, 5) is 22.2. The summed E-state index contributed by atoms with van der Waals surface area (Å²) in [5.41, 5.74) is 4.10. The fourth-order valence-electron chi connectivity index (χ4n) is 3.82. The third-order valence-corrected chi connectivity index (χ3v) is 5.43. The lowest BCUT2D eigenvalue weighted by atomic mass is 9.98. The van der Waals surface area contributed by atoms with Crippen molar-refractivity contribution in [3.8, 4) is 17.3 Å². The Kier molecular flexibility index (Phi) is 5.84. The molecule has 3 aromatic rings. The molecule has 1 amide bonds. The number of nitrogens with zero attached hydrogens (tertiary/aromatic N) is 2. The lowest BCUT2D eigenvalue weighted by Crippen LogP contribution is -2.30. The third kappa shape index (κ3) is 4.45. The first kappa shape index (κ1) is 19.1. The van der Waals surface area contributed by atoms with Gasteiger partial charge in [-0.3, -0.25) is 4.79 Å². The Labute approximate surface area is 171 Å². The summed E-state index contributed by atoms with van der Waals surface area (Å²) in [6, 6.07) is 19.9. The maximum atomic E-state index is 12.7. The number of ether oxygens (including phenoxy) is 1. The van der Waals surface area contributed by atoms with Crippen LogP contribution in [0.3, 0.4) is 0 Å². The first-order valence-corrected chi connectivity index (χ1v) is 10.1. The Hall–Kier alpha value is -3.21. The molecular weight excluding hydrogens is 362 g/mol. The SMILES string of the molecule is COc1nc(-c2ccccc2)nc2c1CCC(C(=O)NCc1ccccc1)CC2. The monoisotopic (exact) mass is 387 g/mol. The first-order valence-electron chi connectivity index (χ1n) is 10.1. The van der Waals surface area contributed by atoms with Crippen LogP contribution in [0.1, 0.15) is 29.7 Å². The van der Waals surface area contributed by atoms with E-state index in [1.807, 2.05) is 60.7 Å². The third-order valence-electron chi connectivity index (χ3n) is 5.43. The molecule has 4 rings (SSSR count). The van der Waals surface area contributed by atoms with Gasteiger partial charge < -0.3 is 10.1 Å². The number of aromatic nitrogens is 2. The van der Waals surface area contributed by atoms with Gasteiger partial charge in [-0.2, -0.15) is 4.98 Å². The zero-order valence-corrected chi connectivity index (χ0v) is 16.6. The Balaban J connectivity index is 1.49. The second kappa shape index (κ2) is 8.86. The number of fused-ring (bicyclic) bond motifs is 1. The van der Waals surface area contributed by atoms with Crippen molar-refractivity contribution >= 4 is 5.91 Å². The molecule has 1 aromatic heterocycles. The number of carbonyl (C=O) groups excluding carboxylic acids is 1. The molecule has 1 aliphatic rings. The van der Waals surface area contributed by atoms with Gasteiger partial charge >= 0.3 is 0 Å². The van der Waals surface area contributed by atoms with E-state index in [-0.39, 0.29) is 11.8 Å². The van der Waals surface area contributed by atoms with E-state index in [9.17, 15) is 4.79 Å². The van der Waals surface area contributed by atoms with Gasteiger partial charge in [0.1, 0.15) is 0 Å². The van der Waals surface area contributed by atoms with Crippen molar-refractivity contribution in [2.45, 2.75) is 32.2 Å². The molecule has 1 heterocycles. The highest BCUT2D eigenvalue weighted by Crippen LogP contribution is 2.31.